The standard InChI is InChI=1S/C16H15NO3/c1-12(18)15-11-14(9-10-16(15)17(19)20)8-7-13-5-3-2-4-6-13/h9-13,18H,2-3,5H2,1H3. The molecule has 20 heavy (non-hydrogen) atoms. The van der Waals surface area contributed by atoms with E-state index in [4.69, 9.17) is 0 Å². The first-order chi connectivity index (χ1) is 9.58. The van der Waals surface area contributed by atoms with Crippen LogP contribution in [0.3, 0.4) is 0 Å². The maximum Gasteiger partial charge on any atom is 0.275 e. The summed E-state index contributed by atoms with van der Waals surface area (Å²) < 4.78 is 0. The second-order valence-electron chi connectivity index (χ2n) is 4.74. The Balaban J connectivity index is 2.29. The molecule has 1 aliphatic carbocycles. The molecule has 0 bridgehead atoms. The number of hydrogen-bond acceptors (Lipinski definition) is 3. The number of nitrogens with zero attached hydrogens (tertiary/aromatic N) is 1. The highest BCUT2D eigenvalue weighted by Gasteiger charge is 2.17. The fourth-order valence-electron chi connectivity index (χ4n) is 2.07. The van der Waals surface area contributed by atoms with Crippen molar-refractivity contribution in [2.24, 2.45) is 5.92 Å². The molecule has 4 heteroatoms. The van der Waals surface area contributed by atoms with Crippen LogP contribution in [0, 0.1) is 39.7 Å². The zero-order chi connectivity index (χ0) is 14.5. The maximum atomic E-state index is 10.9. The van der Waals surface area contributed by atoms with E-state index in [-0.39, 0.29) is 17.2 Å². The molecule has 0 amide bonds. The van der Waals surface area contributed by atoms with Crippen molar-refractivity contribution >= 4 is 5.69 Å². The molecular weight excluding hydrogens is 254 g/mol. The first-order valence-electron chi connectivity index (χ1n) is 6.54. The van der Waals surface area contributed by atoms with Gasteiger partial charge in [-0.2, -0.15) is 0 Å². The molecule has 2 rings (SSSR count). The fourth-order valence-corrected chi connectivity index (χ4v) is 2.07. The lowest BCUT2D eigenvalue weighted by molar-refractivity contribution is -0.386. The molecule has 2 atom stereocenters. The molecule has 0 radical (unpaired) electrons. The molecule has 4 nitrogen and oxygen atoms in total. The number of nitro groups is 1. The van der Waals surface area contributed by atoms with E-state index in [0.717, 1.165) is 19.3 Å². The summed E-state index contributed by atoms with van der Waals surface area (Å²) in [6.45, 7) is 1.51. The number of hydrogen-bond donors (Lipinski definition) is 1. The molecule has 0 saturated carbocycles. The van der Waals surface area contributed by atoms with Gasteiger partial charge in [0.15, 0.2) is 0 Å². The summed E-state index contributed by atoms with van der Waals surface area (Å²) in [6.07, 6.45) is 2.07. The number of aliphatic hydroxyl groups excluding tert-OH is 1. The quantitative estimate of drug-likeness (QED) is 0.510. The first kappa shape index (κ1) is 14.1. The van der Waals surface area contributed by atoms with Gasteiger partial charge in [0.05, 0.1) is 22.5 Å². The van der Waals surface area contributed by atoms with Gasteiger partial charge in [-0.15, -0.1) is 5.92 Å². The van der Waals surface area contributed by atoms with Crippen LogP contribution in [0.25, 0.3) is 0 Å². The second-order valence-corrected chi connectivity index (χ2v) is 4.74. The van der Waals surface area contributed by atoms with Crippen LogP contribution < -0.4 is 0 Å². The van der Waals surface area contributed by atoms with Crippen molar-refractivity contribution in [3.8, 4) is 23.7 Å². The Morgan fingerprint density at radius 1 is 1.55 bits per heavy atom. The Labute approximate surface area is 118 Å². The number of rotatable bonds is 2. The minimum atomic E-state index is -0.897. The summed E-state index contributed by atoms with van der Waals surface area (Å²) in [7, 11) is 0. The van der Waals surface area contributed by atoms with Crippen molar-refractivity contribution < 1.29 is 10.0 Å². The molecule has 102 valence electrons. The molecule has 0 saturated heterocycles. The Kier molecular flexibility index (Phi) is 4.40. The Hall–Kier alpha value is -2.30. The zero-order valence-electron chi connectivity index (χ0n) is 11.2. The van der Waals surface area contributed by atoms with Gasteiger partial charge in [0, 0.05) is 18.1 Å². The van der Waals surface area contributed by atoms with E-state index in [1.165, 1.54) is 13.0 Å². The van der Waals surface area contributed by atoms with Gasteiger partial charge in [-0.3, -0.25) is 10.1 Å². The van der Waals surface area contributed by atoms with Crippen molar-refractivity contribution in [2.75, 3.05) is 0 Å². The Bertz CT molecular complexity index is 641. The van der Waals surface area contributed by atoms with Crippen LogP contribution in [-0.2, 0) is 0 Å². The summed E-state index contributed by atoms with van der Waals surface area (Å²) in [5.41, 5.74) is 0.874. The highest BCUT2D eigenvalue weighted by Crippen LogP contribution is 2.25. The third-order valence-corrected chi connectivity index (χ3v) is 3.14. The molecule has 0 heterocycles. The molecule has 0 aliphatic heterocycles. The SMILES string of the molecule is CC(O)c1cc(C#CC2C#CCCC2)ccc1[N+](=O)[O-]. The largest absolute Gasteiger partial charge is 0.388 e. The number of nitro benzene ring substituents is 1. The third-order valence-electron chi connectivity index (χ3n) is 3.14. The average Bonchev–Trinajstić information content (AvgIpc) is 2.45. The van der Waals surface area contributed by atoms with Gasteiger partial charge < -0.3 is 5.11 Å². The maximum absolute atomic E-state index is 10.9. The summed E-state index contributed by atoms with van der Waals surface area (Å²) in [5.74, 6) is 12.3. The number of aliphatic hydroxyl groups is 1. The molecule has 0 fully saturated rings. The van der Waals surface area contributed by atoms with Crippen LogP contribution >= 0.6 is 0 Å². The molecule has 0 aromatic heterocycles. The van der Waals surface area contributed by atoms with E-state index < -0.39 is 11.0 Å². The van der Waals surface area contributed by atoms with Crippen LogP contribution in [0.4, 0.5) is 5.69 Å². The smallest absolute Gasteiger partial charge is 0.275 e. The lowest BCUT2D eigenvalue weighted by Gasteiger charge is -2.07. The number of benzene rings is 1. The van der Waals surface area contributed by atoms with E-state index in [2.05, 4.69) is 23.7 Å². The molecule has 1 aromatic rings. The molecule has 1 N–H and O–H groups in total. The second kappa shape index (κ2) is 6.23. The zero-order valence-corrected chi connectivity index (χ0v) is 11.2. The lowest BCUT2D eigenvalue weighted by Crippen LogP contribution is -2.00. The van der Waals surface area contributed by atoms with Gasteiger partial charge in [0.25, 0.3) is 5.69 Å². The molecule has 0 spiro atoms. The van der Waals surface area contributed by atoms with Gasteiger partial charge >= 0.3 is 0 Å². The molecule has 1 aliphatic rings. The summed E-state index contributed by atoms with van der Waals surface area (Å²) in [6, 6.07) is 4.57. The van der Waals surface area contributed by atoms with Gasteiger partial charge in [-0.05, 0) is 31.9 Å². The van der Waals surface area contributed by atoms with Crippen LogP contribution in [0.5, 0.6) is 0 Å². The lowest BCUT2D eigenvalue weighted by atomic mass is 9.98. The van der Waals surface area contributed by atoms with Gasteiger partial charge in [0.1, 0.15) is 0 Å². The molecule has 1 aromatic carbocycles. The highest BCUT2D eigenvalue weighted by atomic mass is 16.6. The van der Waals surface area contributed by atoms with Gasteiger partial charge in [-0.1, -0.05) is 17.8 Å². The van der Waals surface area contributed by atoms with Gasteiger partial charge in [-0.25, -0.2) is 0 Å². The Morgan fingerprint density at radius 3 is 2.95 bits per heavy atom. The van der Waals surface area contributed by atoms with Crippen LogP contribution in [0.15, 0.2) is 18.2 Å². The van der Waals surface area contributed by atoms with Crippen LogP contribution in [0.2, 0.25) is 0 Å². The summed E-state index contributed by atoms with van der Waals surface area (Å²) in [5, 5.41) is 20.5. The van der Waals surface area contributed by atoms with Crippen molar-refractivity contribution in [3.05, 3.63) is 39.4 Å². The minimum Gasteiger partial charge on any atom is -0.388 e. The normalized spacial score (nSPS) is 18.2. The van der Waals surface area contributed by atoms with Crippen molar-refractivity contribution in [1.29, 1.82) is 0 Å². The first-order valence-corrected chi connectivity index (χ1v) is 6.54. The third kappa shape index (κ3) is 3.38. The van der Waals surface area contributed by atoms with E-state index in [1.807, 2.05) is 0 Å². The average molecular weight is 269 g/mol. The van der Waals surface area contributed by atoms with E-state index in [9.17, 15) is 15.2 Å². The minimum absolute atomic E-state index is 0.0777. The summed E-state index contributed by atoms with van der Waals surface area (Å²) >= 11 is 0. The van der Waals surface area contributed by atoms with E-state index in [1.54, 1.807) is 12.1 Å². The van der Waals surface area contributed by atoms with Gasteiger partial charge in [0.2, 0.25) is 0 Å². The van der Waals surface area contributed by atoms with Crippen LogP contribution in [0.1, 0.15) is 43.4 Å². The fraction of sp³-hybridized carbons (Fsp3) is 0.375. The predicted octanol–water partition coefficient (Wildman–Crippen LogP) is 2.80. The summed E-state index contributed by atoms with van der Waals surface area (Å²) in [4.78, 5) is 10.4. The van der Waals surface area contributed by atoms with E-state index in [0.29, 0.717) is 5.56 Å². The van der Waals surface area contributed by atoms with Crippen molar-refractivity contribution in [2.45, 2.75) is 32.3 Å². The highest BCUT2D eigenvalue weighted by molar-refractivity contribution is 5.49. The van der Waals surface area contributed by atoms with E-state index >= 15 is 0 Å². The molecule has 2 unspecified atom stereocenters. The van der Waals surface area contributed by atoms with Crippen molar-refractivity contribution in [3.63, 3.8) is 0 Å². The molecular formula is C16H15NO3. The monoisotopic (exact) mass is 269 g/mol. The topological polar surface area (TPSA) is 63.4 Å². The Morgan fingerprint density at radius 2 is 2.35 bits per heavy atom. The predicted molar refractivity (Wildman–Crippen MR) is 75.7 cm³/mol. The van der Waals surface area contributed by atoms with Crippen LogP contribution in [-0.4, -0.2) is 10.0 Å². The van der Waals surface area contributed by atoms with Crippen molar-refractivity contribution in [1.82, 2.24) is 0 Å².